The average Bonchev–Trinajstić information content (AvgIpc) is 3.01. The van der Waals surface area contributed by atoms with Crippen molar-refractivity contribution in [2.24, 2.45) is 0 Å². The highest BCUT2D eigenvalue weighted by molar-refractivity contribution is 8.00. The lowest BCUT2D eigenvalue weighted by Gasteiger charge is -2.18. The number of nitrogens with one attached hydrogen (secondary N) is 2. The number of aromatic nitrogens is 2. The highest BCUT2D eigenvalue weighted by Crippen LogP contribution is 2.29. The van der Waals surface area contributed by atoms with E-state index in [1.54, 1.807) is 30.1 Å². The average molecular weight is 584 g/mol. The van der Waals surface area contributed by atoms with Crippen LogP contribution in [0.3, 0.4) is 0 Å². The van der Waals surface area contributed by atoms with Gasteiger partial charge in [-0.05, 0) is 65.4 Å². The molecule has 5 rings (SSSR count). The van der Waals surface area contributed by atoms with E-state index in [2.05, 4.69) is 40.4 Å². The molecule has 0 bridgehead atoms. The minimum Gasteiger partial charge on any atom is -0.383 e. The second-order valence-electron chi connectivity index (χ2n) is 10.1. The van der Waals surface area contributed by atoms with Crippen LogP contribution in [0.4, 0.5) is 21.6 Å². The Kier molecular flexibility index (Phi) is 9.28. The molecule has 0 aliphatic heterocycles. The van der Waals surface area contributed by atoms with E-state index in [1.807, 2.05) is 43.3 Å². The fourth-order valence-electron chi connectivity index (χ4n) is 4.82. The van der Waals surface area contributed by atoms with Crippen molar-refractivity contribution in [3.05, 3.63) is 129 Å². The van der Waals surface area contributed by atoms with Crippen molar-refractivity contribution >= 4 is 39.9 Å². The van der Waals surface area contributed by atoms with Crippen LogP contribution in [-0.4, -0.2) is 15.7 Å². The summed E-state index contributed by atoms with van der Waals surface area (Å²) in [6, 6.07) is 28.8. The summed E-state index contributed by atoms with van der Waals surface area (Å²) in [6.45, 7) is 2.65. The molecular weight excluding hydrogens is 549 g/mol. The van der Waals surface area contributed by atoms with Crippen molar-refractivity contribution < 1.29 is 4.39 Å². The van der Waals surface area contributed by atoms with E-state index >= 15 is 0 Å². The summed E-state index contributed by atoms with van der Waals surface area (Å²) in [7, 11) is 0. The quantitative estimate of drug-likeness (QED) is 0.145. The van der Waals surface area contributed by atoms with Crippen LogP contribution in [0.2, 0.25) is 0 Å². The van der Waals surface area contributed by atoms with Crippen molar-refractivity contribution in [2.45, 2.75) is 44.2 Å². The van der Waals surface area contributed by atoms with Gasteiger partial charge >= 0.3 is 5.69 Å². The van der Waals surface area contributed by atoms with Crippen molar-refractivity contribution in [1.82, 2.24) is 9.13 Å². The number of benzene rings is 4. The van der Waals surface area contributed by atoms with Gasteiger partial charge in [0.15, 0.2) is 0 Å². The number of nitrogens with zero attached hydrogens (tertiary/aromatic N) is 2. The maximum atomic E-state index is 14.4. The molecule has 0 fully saturated rings. The molecule has 0 radical (unpaired) electrons. The van der Waals surface area contributed by atoms with Crippen molar-refractivity contribution in [2.75, 3.05) is 22.3 Å². The Morgan fingerprint density at radius 1 is 0.881 bits per heavy atom. The van der Waals surface area contributed by atoms with Gasteiger partial charge in [-0.25, -0.2) is 9.18 Å². The normalized spacial score (nSPS) is 11.1. The molecule has 0 atom stereocenters. The standard InChI is InChI=1S/C33H34FN5O2S/c1-2-3-21-38-31(35)30(32(40)39(33(38)41)22-25-10-5-7-13-28(25)34)36-20-19-23-15-17-26(18-16-23)37-42-29-14-8-11-24-9-4-6-12-27(24)29/h4-18,36-37H,2-3,19-22,35H2,1H3. The van der Waals surface area contributed by atoms with Crippen molar-refractivity contribution in [3.63, 3.8) is 0 Å². The van der Waals surface area contributed by atoms with E-state index in [9.17, 15) is 14.0 Å². The molecule has 0 unspecified atom stereocenters. The minimum atomic E-state index is -0.557. The smallest absolute Gasteiger partial charge is 0.332 e. The Hall–Kier alpha value is -4.50. The first-order valence-electron chi connectivity index (χ1n) is 14.1. The molecule has 0 aliphatic carbocycles. The summed E-state index contributed by atoms with van der Waals surface area (Å²) in [4.78, 5) is 27.7. The van der Waals surface area contributed by atoms with Crippen LogP contribution >= 0.6 is 11.9 Å². The van der Waals surface area contributed by atoms with Crippen LogP contribution in [0.25, 0.3) is 10.8 Å². The Labute approximate surface area is 248 Å². The summed E-state index contributed by atoms with van der Waals surface area (Å²) in [5.74, 6) is -0.364. The number of unbranched alkanes of at least 4 members (excludes halogenated alkanes) is 1. The van der Waals surface area contributed by atoms with Crippen LogP contribution in [0.1, 0.15) is 30.9 Å². The van der Waals surface area contributed by atoms with Crippen LogP contribution in [0, 0.1) is 5.82 Å². The van der Waals surface area contributed by atoms with Gasteiger partial charge in [0, 0.05) is 29.2 Å². The maximum absolute atomic E-state index is 14.4. The lowest BCUT2D eigenvalue weighted by molar-refractivity contribution is 0.546. The molecule has 42 heavy (non-hydrogen) atoms. The van der Waals surface area contributed by atoms with Crippen LogP contribution < -0.4 is 27.0 Å². The summed E-state index contributed by atoms with van der Waals surface area (Å²) >= 11 is 1.57. The molecule has 0 spiro atoms. The molecule has 4 N–H and O–H groups in total. The number of nitrogen functional groups attached to an aromatic ring is 1. The minimum absolute atomic E-state index is 0.105. The Morgan fingerprint density at radius 3 is 2.40 bits per heavy atom. The largest absolute Gasteiger partial charge is 0.383 e. The van der Waals surface area contributed by atoms with E-state index in [0.29, 0.717) is 19.5 Å². The van der Waals surface area contributed by atoms with Gasteiger partial charge in [0.1, 0.15) is 17.3 Å². The molecule has 216 valence electrons. The third-order valence-corrected chi connectivity index (χ3v) is 8.10. The molecule has 0 aliphatic rings. The number of hydrogen-bond acceptors (Lipinski definition) is 6. The molecule has 0 saturated carbocycles. The summed E-state index contributed by atoms with van der Waals surface area (Å²) in [5, 5.41) is 5.57. The molecular formula is C33H34FN5O2S. The van der Waals surface area contributed by atoms with Crippen molar-refractivity contribution in [1.29, 1.82) is 0 Å². The van der Waals surface area contributed by atoms with E-state index in [1.165, 1.54) is 21.4 Å². The monoisotopic (exact) mass is 583 g/mol. The van der Waals surface area contributed by atoms with Gasteiger partial charge in [0.25, 0.3) is 5.56 Å². The Balaban J connectivity index is 1.27. The summed E-state index contributed by atoms with van der Waals surface area (Å²) < 4.78 is 20.2. The predicted molar refractivity (Wildman–Crippen MR) is 172 cm³/mol. The van der Waals surface area contributed by atoms with Gasteiger partial charge in [-0.3, -0.25) is 13.9 Å². The SMILES string of the molecule is CCCCn1c(N)c(NCCc2ccc(NSc3cccc4ccccc34)cc2)c(=O)n(Cc2ccccc2F)c1=O. The molecule has 4 aromatic carbocycles. The second-order valence-corrected chi connectivity index (χ2v) is 10.9. The maximum Gasteiger partial charge on any atom is 0.332 e. The van der Waals surface area contributed by atoms with Gasteiger partial charge in [-0.2, -0.15) is 0 Å². The summed E-state index contributed by atoms with van der Waals surface area (Å²) in [6.07, 6.45) is 2.21. The molecule has 5 aromatic rings. The summed E-state index contributed by atoms with van der Waals surface area (Å²) in [5.41, 5.74) is 7.72. The van der Waals surface area contributed by atoms with Gasteiger partial charge in [-0.1, -0.05) is 80.1 Å². The lowest BCUT2D eigenvalue weighted by atomic mass is 10.1. The third kappa shape index (κ3) is 6.52. The van der Waals surface area contributed by atoms with Gasteiger partial charge < -0.3 is 15.8 Å². The second kappa shape index (κ2) is 13.4. The number of nitrogens with two attached hydrogens (primary N) is 1. The molecule has 9 heteroatoms. The number of hydrogen-bond donors (Lipinski definition) is 3. The Morgan fingerprint density at radius 2 is 1.62 bits per heavy atom. The predicted octanol–water partition coefficient (Wildman–Crippen LogP) is 6.51. The number of halogens is 1. The fourth-order valence-corrected chi connectivity index (χ4v) is 5.63. The Bertz CT molecular complexity index is 1790. The van der Waals surface area contributed by atoms with E-state index in [4.69, 9.17) is 5.73 Å². The number of anilines is 3. The first-order valence-corrected chi connectivity index (χ1v) is 14.9. The van der Waals surface area contributed by atoms with Gasteiger partial charge in [0.2, 0.25) is 0 Å². The van der Waals surface area contributed by atoms with E-state index in [-0.39, 0.29) is 23.6 Å². The first-order chi connectivity index (χ1) is 20.5. The zero-order chi connectivity index (χ0) is 29.5. The zero-order valence-corrected chi connectivity index (χ0v) is 24.3. The van der Waals surface area contributed by atoms with Crippen LogP contribution in [0.15, 0.2) is 105 Å². The van der Waals surface area contributed by atoms with Gasteiger partial charge in [0.05, 0.1) is 6.54 Å². The topological polar surface area (TPSA) is 94.1 Å². The molecule has 1 aromatic heterocycles. The number of fused-ring (bicyclic) bond motifs is 1. The third-order valence-electron chi connectivity index (χ3n) is 7.19. The highest BCUT2D eigenvalue weighted by atomic mass is 32.2. The molecule has 0 amide bonds. The van der Waals surface area contributed by atoms with Crippen LogP contribution in [0.5, 0.6) is 0 Å². The first kappa shape index (κ1) is 29.0. The van der Waals surface area contributed by atoms with Crippen molar-refractivity contribution in [3.8, 4) is 0 Å². The highest BCUT2D eigenvalue weighted by Gasteiger charge is 2.18. The van der Waals surface area contributed by atoms with E-state index in [0.717, 1.165) is 33.6 Å². The fraction of sp³-hybridized carbons (Fsp3) is 0.212. The van der Waals surface area contributed by atoms with E-state index < -0.39 is 17.1 Å². The zero-order valence-electron chi connectivity index (χ0n) is 23.5. The molecule has 0 saturated heterocycles. The molecule has 7 nitrogen and oxygen atoms in total. The molecule has 1 heterocycles. The van der Waals surface area contributed by atoms with Crippen LogP contribution in [-0.2, 0) is 19.5 Å². The number of rotatable bonds is 12. The van der Waals surface area contributed by atoms with Gasteiger partial charge in [-0.15, -0.1) is 0 Å². The lowest BCUT2D eigenvalue weighted by Crippen LogP contribution is -2.43.